The van der Waals surface area contributed by atoms with Crippen LogP contribution >= 0.6 is 15.9 Å². The zero-order valence-corrected chi connectivity index (χ0v) is 22.2. The van der Waals surface area contributed by atoms with Gasteiger partial charge in [-0.3, -0.25) is 5.32 Å². The first-order chi connectivity index (χ1) is 17.2. The molecule has 0 spiro atoms. The molecule has 0 saturated carbocycles. The fraction of sp³-hybridized carbons (Fsp3) is 0.174. The van der Waals surface area contributed by atoms with Crippen molar-refractivity contribution in [1.82, 2.24) is 4.72 Å². The highest BCUT2D eigenvalue weighted by molar-refractivity contribution is 9.10. The first-order valence-corrected chi connectivity index (χ1v) is 14.2. The number of nitrogens with one attached hydrogen (secondary N) is 2. The van der Waals surface area contributed by atoms with Crippen molar-refractivity contribution in [2.75, 3.05) is 11.9 Å². The molecule has 3 aromatic carbocycles. The summed E-state index contributed by atoms with van der Waals surface area (Å²) in [5.74, 6) is 0. The second-order valence-electron chi connectivity index (χ2n) is 7.72. The van der Waals surface area contributed by atoms with Gasteiger partial charge in [0.05, 0.1) is 26.3 Å². The third kappa shape index (κ3) is 7.31. The van der Waals surface area contributed by atoms with Crippen molar-refractivity contribution in [2.45, 2.75) is 33.8 Å². The maximum Gasteiger partial charge on any atom is 0.417 e. The van der Waals surface area contributed by atoms with Gasteiger partial charge in [0.15, 0.2) is 0 Å². The second-order valence-corrected chi connectivity index (χ2v) is 12.3. The minimum atomic E-state index is -5.09. The molecule has 0 radical (unpaired) electrons. The van der Waals surface area contributed by atoms with Gasteiger partial charge < -0.3 is 4.74 Å². The summed E-state index contributed by atoms with van der Waals surface area (Å²) in [6, 6.07) is 13.7. The van der Waals surface area contributed by atoms with E-state index in [-0.39, 0.29) is 4.90 Å². The molecular formula is C23H20BrF3N2O6S2. The third-order valence-electron chi connectivity index (χ3n) is 4.82. The van der Waals surface area contributed by atoms with Crippen LogP contribution in [0.15, 0.2) is 92.0 Å². The van der Waals surface area contributed by atoms with Crippen molar-refractivity contribution in [3.63, 3.8) is 0 Å². The molecule has 1 unspecified atom stereocenters. The summed E-state index contributed by atoms with van der Waals surface area (Å²) in [5, 5.41) is 2.41. The quantitative estimate of drug-likeness (QED) is 0.357. The van der Waals surface area contributed by atoms with Crippen LogP contribution in [0, 0.1) is 0 Å². The molecule has 3 aromatic rings. The minimum absolute atomic E-state index is 0.218. The molecule has 0 heterocycles. The molecule has 8 nitrogen and oxygen atoms in total. The highest BCUT2D eigenvalue weighted by Crippen LogP contribution is 2.36. The van der Waals surface area contributed by atoms with Gasteiger partial charge in [0.2, 0.25) is 19.9 Å². The number of hydrogen-bond acceptors (Lipinski definition) is 6. The molecular weight excluding hydrogens is 601 g/mol. The fourth-order valence-electron chi connectivity index (χ4n) is 3.11. The molecule has 0 aliphatic rings. The number of anilines is 1. The van der Waals surface area contributed by atoms with Gasteiger partial charge in [0.25, 0.3) is 0 Å². The van der Waals surface area contributed by atoms with E-state index >= 15 is 0 Å². The lowest BCUT2D eigenvalue weighted by atomic mass is 10.2. The molecule has 0 aliphatic carbocycles. The summed E-state index contributed by atoms with van der Waals surface area (Å²) in [6.45, 7) is 0.743. The maximum atomic E-state index is 13.6. The zero-order valence-electron chi connectivity index (χ0n) is 19.0. The number of benzene rings is 3. The predicted octanol–water partition coefficient (Wildman–Crippen LogP) is 5.22. The standard InChI is InChI=1S/C23H20BrF3N2O6S2/c1-15(14-35-22(30)28-17-9-7-16(24)8-10-17)29-37(33,34)21-13-19(11-12-20(21)23(25,26)27)36(31,32)18-5-3-2-4-6-18/h2-13,15,29H,14H2,1H3,(H,28,30). The Balaban J connectivity index is 1.82. The van der Waals surface area contributed by atoms with Gasteiger partial charge >= 0.3 is 12.3 Å². The Labute approximate surface area is 219 Å². The van der Waals surface area contributed by atoms with Crippen LogP contribution in [0.1, 0.15) is 12.5 Å². The maximum absolute atomic E-state index is 13.6. The Morgan fingerprint density at radius 1 is 0.946 bits per heavy atom. The van der Waals surface area contributed by atoms with Crippen LogP contribution in [0.25, 0.3) is 0 Å². The molecule has 37 heavy (non-hydrogen) atoms. The van der Waals surface area contributed by atoms with E-state index in [9.17, 15) is 34.8 Å². The van der Waals surface area contributed by atoms with Crippen LogP contribution < -0.4 is 10.0 Å². The molecule has 0 saturated heterocycles. The molecule has 198 valence electrons. The van der Waals surface area contributed by atoms with E-state index in [1.54, 1.807) is 30.3 Å². The Morgan fingerprint density at radius 2 is 1.57 bits per heavy atom. The summed E-state index contributed by atoms with van der Waals surface area (Å²) in [5.41, 5.74) is -1.15. The first-order valence-electron chi connectivity index (χ1n) is 10.4. The SMILES string of the molecule is CC(COC(=O)Nc1ccc(Br)cc1)NS(=O)(=O)c1cc(S(=O)(=O)c2ccccc2)ccc1C(F)(F)F. The van der Waals surface area contributed by atoms with E-state index < -0.39 is 60.1 Å². The number of rotatable bonds is 8. The van der Waals surface area contributed by atoms with Crippen molar-refractivity contribution in [3.8, 4) is 0 Å². The average molecular weight is 621 g/mol. The van der Waals surface area contributed by atoms with Crippen LogP contribution in [0.5, 0.6) is 0 Å². The van der Waals surface area contributed by atoms with E-state index in [1.165, 1.54) is 31.2 Å². The van der Waals surface area contributed by atoms with Gasteiger partial charge in [-0.05, 0) is 61.5 Å². The van der Waals surface area contributed by atoms with Gasteiger partial charge in [0, 0.05) is 10.2 Å². The fourth-order valence-corrected chi connectivity index (χ4v) is 6.24. The number of carbonyl (C=O) groups is 1. The molecule has 0 aromatic heterocycles. The van der Waals surface area contributed by atoms with Gasteiger partial charge in [-0.15, -0.1) is 0 Å². The normalized spacial score (nSPS) is 13.1. The van der Waals surface area contributed by atoms with E-state index in [1.807, 2.05) is 4.72 Å². The van der Waals surface area contributed by atoms with Gasteiger partial charge in [0.1, 0.15) is 6.61 Å². The number of halogens is 4. The Morgan fingerprint density at radius 3 is 2.16 bits per heavy atom. The summed E-state index contributed by atoms with van der Waals surface area (Å²) < 4.78 is 100. The summed E-state index contributed by atoms with van der Waals surface area (Å²) in [7, 11) is -9.21. The van der Waals surface area contributed by atoms with Gasteiger partial charge in [-0.1, -0.05) is 34.1 Å². The number of hydrogen-bond donors (Lipinski definition) is 2. The molecule has 1 atom stereocenters. The summed E-state index contributed by atoms with van der Waals surface area (Å²) in [4.78, 5) is 9.85. The zero-order chi connectivity index (χ0) is 27.4. The van der Waals surface area contributed by atoms with E-state index in [0.717, 1.165) is 4.47 Å². The van der Waals surface area contributed by atoms with Crippen molar-refractivity contribution in [3.05, 3.63) is 82.8 Å². The van der Waals surface area contributed by atoms with E-state index in [0.29, 0.717) is 23.9 Å². The van der Waals surface area contributed by atoms with Crippen molar-refractivity contribution < 1.29 is 39.5 Å². The van der Waals surface area contributed by atoms with Gasteiger partial charge in [-0.25, -0.2) is 26.4 Å². The van der Waals surface area contributed by atoms with Crippen LogP contribution in [0.3, 0.4) is 0 Å². The predicted molar refractivity (Wildman–Crippen MR) is 132 cm³/mol. The molecule has 14 heteroatoms. The molecule has 0 aliphatic heterocycles. The smallest absolute Gasteiger partial charge is 0.417 e. The molecule has 2 N–H and O–H groups in total. The van der Waals surface area contributed by atoms with E-state index in [4.69, 9.17) is 4.74 Å². The highest BCUT2D eigenvalue weighted by atomic mass is 79.9. The van der Waals surface area contributed by atoms with Crippen LogP contribution in [0.4, 0.5) is 23.7 Å². The summed E-state index contributed by atoms with van der Waals surface area (Å²) in [6.07, 6.45) is -6.01. The minimum Gasteiger partial charge on any atom is -0.448 e. The number of amides is 1. The number of sulfone groups is 1. The summed E-state index contributed by atoms with van der Waals surface area (Å²) >= 11 is 3.24. The lowest BCUT2D eigenvalue weighted by Crippen LogP contribution is -2.37. The van der Waals surface area contributed by atoms with Crippen molar-refractivity contribution >= 4 is 47.6 Å². The Kier molecular flexibility index (Phi) is 8.67. The van der Waals surface area contributed by atoms with Crippen LogP contribution in [-0.4, -0.2) is 35.6 Å². The average Bonchev–Trinajstić information content (AvgIpc) is 2.83. The largest absolute Gasteiger partial charge is 0.448 e. The lowest BCUT2D eigenvalue weighted by Gasteiger charge is -2.18. The number of carbonyl (C=O) groups excluding carboxylic acids is 1. The molecule has 3 rings (SSSR count). The second kappa shape index (κ2) is 11.2. The van der Waals surface area contributed by atoms with E-state index in [2.05, 4.69) is 21.2 Å². The monoisotopic (exact) mass is 620 g/mol. The number of alkyl halides is 3. The lowest BCUT2D eigenvalue weighted by molar-refractivity contribution is -0.139. The Hall–Kier alpha value is -2.94. The van der Waals surface area contributed by atoms with Gasteiger partial charge in [-0.2, -0.15) is 13.2 Å². The topological polar surface area (TPSA) is 119 Å². The van der Waals surface area contributed by atoms with Crippen LogP contribution in [-0.2, 0) is 30.8 Å². The number of ether oxygens (including phenoxy) is 1. The first kappa shape index (κ1) is 28.6. The van der Waals surface area contributed by atoms with Crippen molar-refractivity contribution in [1.29, 1.82) is 0 Å². The Bertz CT molecular complexity index is 1480. The third-order valence-corrected chi connectivity index (χ3v) is 8.75. The molecule has 0 bridgehead atoms. The van der Waals surface area contributed by atoms with Crippen LogP contribution in [0.2, 0.25) is 0 Å². The molecule has 1 amide bonds. The van der Waals surface area contributed by atoms with Crippen molar-refractivity contribution in [2.24, 2.45) is 0 Å². The highest BCUT2D eigenvalue weighted by Gasteiger charge is 2.38. The number of sulfonamides is 1. The molecule has 0 fully saturated rings.